The number of hydrogen-bond acceptors (Lipinski definition) is 3. The van der Waals surface area contributed by atoms with Crippen LogP contribution in [0.2, 0.25) is 0 Å². The predicted octanol–water partition coefficient (Wildman–Crippen LogP) is 1.85. The van der Waals surface area contributed by atoms with Crippen molar-refractivity contribution in [2.45, 2.75) is 32.3 Å². The molecule has 0 spiro atoms. The van der Waals surface area contributed by atoms with Crippen molar-refractivity contribution in [1.82, 2.24) is 0 Å². The summed E-state index contributed by atoms with van der Waals surface area (Å²) in [6, 6.07) is 5.93. The normalized spacial score (nSPS) is 14.3. The van der Waals surface area contributed by atoms with E-state index in [4.69, 9.17) is 10.2 Å². The van der Waals surface area contributed by atoms with Crippen molar-refractivity contribution in [3.8, 4) is 0 Å². The highest BCUT2D eigenvalue weighted by Gasteiger charge is 2.13. The topological polar surface area (TPSA) is 60.7 Å². The lowest BCUT2D eigenvalue weighted by Gasteiger charge is -2.18. The van der Waals surface area contributed by atoms with Gasteiger partial charge in [-0.05, 0) is 41.5 Å². The summed E-state index contributed by atoms with van der Waals surface area (Å²) in [5, 5.41) is 27.4. The van der Waals surface area contributed by atoms with Crippen LogP contribution in [0.15, 0.2) is 24.8 Å². The van der Waals surface area contributed by atoms with Crippen molar-refractivity contribution in [3.63, 3.8) is 0 Å². The maximum Gasteiger partial charge on any atom is 0.0776 e. The van der Waals surface area contributed by atoms with Gasteiger partial charge in [0, 0.05) is 0 Å². The van der Waals surface area contributed by atoms with E-state index in [1.165, 1.54) is 0 Å². The first-order chi connectivity index (χ1) is 8.49. The van der Waals surface area contributed by atoms with Crippen molar-refractivity contribution in [2.75, 3.05) is 13.2 Å². The van der Waals surface area contributed by atoms with Crippen LogP contribution in [-0.2, 0) is 0 Å². The monoisotopic (exact) mass is 250 g/mol. The van der Waals surface area contributed by atoms with E-state index >= 15 is 0 Å². The highest BCUT2D eigenvalue weighted by Crippen LogP contribution is 2.26. The van der Waals surface area contributed by atoms with Gasteiger partial charge in [0.05, 0.1) is 19.3 Å². The molecule has 0 heterocycles. The highest BCUT2D eigenvalue weighted by molar-refractivity contribution is 5.65. The minimum atomic E-state index is -0.675. The van der Waals surface area contributed by atoms with Crippen LogP contribution in [0.4, 0.5) is 0 Å². The third-order valence-corrected chi connectivity index (χ3v) is 3.24. The fourth-order valence-corrected chi connectivity index (χ4v) is 2.15. The molecule has 0 unspecified atom stereocenters. The fraction of sp³-hybridized carbons (Fsp3) is 0.467. The molecule has 3 N–H and O–H groups in total. The zero-order valence-corrected chi connectivity index (χ0v) is 11.1. The van der Waals surface area contributed by atoms with E-state index in [9.17, 15) is 5.11 Å². The maximum absolute atomic E-state index is 9.46. The molecule has 0 aliphatic carbocycles. The Hall–Kier alpha value is -1.16. The van der Waals surface area contributed by atoms with E-state index in [1.807, 2.05) is 32.0 Å². The quantitative estimate of drug-likeness (QED) is 0.722. The molecule has 0 fully saturated rings. The number of rotatable bonds is 6. The number of aryl methyl sites for hydroxylation is 1. The third kappa shape index (κ3) is 3.67. The number of benzene rings is 1. The van der Waals surface area contributed by atoms with E-state index < -0.39 is 6.10 Å². The first kappa shape index (κ1) is 14.9. The van der Waals surface area contributed by atoms with Crippen LogP contribution in [0, 0.1) is 6.92 Å². The summed E-state index contributed by atoms with van der Waals surface area (Å²) in [4.78, 5) is 0. The van der Waals surface area contributed by atoms with Crippen molar-refractivity contribution >= 4 is 5.57 Å². The molecule has 0 saturated carbocycles. The van der Waals surface area contributed by atoms with Gasteiger partial charge in [-0.2, -0.15) is 0 Å². The van der Waals surface area contributed by atoms with Gasteiger partial charge in [0.15, 0.2) is 0 Å². The SMILES string of the molecule is C=C(CO)c1ccc([C@@H](C)C[C@H](O)CO)c(C)c1. The predicted molar refractivity (Wildman–Crippen MR) is 73.4 cm³/mol. The Morgan fingerprint density at radius 1 is 1.33 bits per heavy atom. The van der Waals surface area contributed by atoms with Gasteiger partial charge in [-0.25, -0.2) is 0 Å². The van der Waals surface area contributed by atoms with E-state index in [0.29, 0.717) is 12.0 Å². The first-order valence-electron chi connectivity index (χ1n) is 6.18. The van der Waals surface area contributed by atoms with Crippen molar-refractivity contribution in [3.05, 3.63) is 41.5 Å². The van der Waals surface area contributed by atoms with Crippen LogP contribution in [0.25, 0.3) is 5.57 Å². The smallest absolute Gasteiger partial charge is 0.0776 e. The molecule has 100 valence electrons. The largest absolute Gasteiger partial charge is 0.394 e. The molecule has 0 radical (unpaired) electrons. The van der Waals surface area contributed by atoms with Crippen LogP contribution in [0.1, 0.15) is 36.0 Å². The second kappa shape index (κ2) is 6.69. The summed E-state index contributed by atoms with van der Waals surface area (Å²) in [6.07, 6.45) is -0.135. The molecule has 3 heteroatoms. The zero-order valence-electron chi connectivity index (χ0n) is 11.1. The summed E-state index contributed by atoms with van der Waals surface area (Å²) in [5.41, 5.74) is 3.90. The average molecular weight is 250 g/mol. The first-order valence-corrected chi connectivity index (χ1v) is 6.18. The summed E-state index contributed by atoms with van der Waals surface area (Å²) < 4.78 is 0. The van der Waals surface area contributed by atoms with Gasteiger partial charge < -0.3 is 15.3 Å². The van der Waals surface area contributed by atoms with E-state index in [1.54, 1.807) is 0 Å². The fourth-order valence-electron chi connectivity index (χ4n) is 2.15. The van der Waals surface area contributed by atoms with Crippen LogP contribution >= 0.6 is 0 Å². The van der Waals surface area contributed by atoms with E-state index in [-0.39, 0.29) is 19.1 Å². The van der Waals surface area contributed by atoms with Gasteiger partial charge in [-0.1, -0.05) is 31.7 Å². The lowest BCUT2D eigenvalue weighted by molar-refractivity contribution is 0.0835. The number of hydrogen-bond donors (Lipinski definition) is 3. The van der Waals surface area contributed by atoms with Crippen LogP contribution in [0.5, 0.6) is 0 Å². The summed E-state index contributed by atoms with van der Waals surface area (Å²) in [6.45, 7) is 7.58. The molecule has 0 saturated heterocycles. The number of aliphatic hydroxyl groups excluding tert-OH is 3. The van der Waals surface area contributed by atoms with Gasteiger partial charge in [-0.3, -0.25) is 0 Å². The summed E-state index contributed by atoms with van der Waals surface area (Å²) >= 11 is 0. The molecule has 1 aromatic rings. The Bertz CT molecular complexity index is 412. The second-order valence-electron chi connectivity index (χ2n) is 4.81. The van der Waals surface area contributed by atoms with Crippen molar-refractivity contribution in [1.29, 1.82) is 0 Å². The molecular weight excluding hydrogens is 228 g/mol. The molecule has 1 rings (SSSR count). The molecule has 0 amide bonds. The molecule has 18 heavy (non-hydrogen) atoms. The number of aliphatic hydroxyl groups is 3. The van der Waals surface area contributed by atoms with Crippen LogP contribution < -0.4 is 0 Å². The Labute approximate surface area is 108 Å². The second-order valence-corrected chi connectivity index (χ2v) is 4.81. The Kier molecular flexibility index (Phi) is 5.54. The Morgan fingerprint density at radius 2 is 2.00 bits per heavy atom. The van der Waals surface area contributed by atoms with Crippen LogP contribution in [-0.4, -0.2) is 34.6 Å². The lowest BCUT2D eigenvalue weighted by atomic mass is 9.90. The van der Waals surface area contributed by atoms with Gasteiger partial charge in [0.2, 0.25) is 0 Å². The van der Waals surface area contributed by atoms with Gasteiger partial charge in [0.25, 0.3) is 0 Å². The van der Waals surface area contributed by atoms with Gasteiger partial charge in [-0.15, -0.1) is 0 Å². The molecule has 0 aromatic heterocycles. The summed E-state index contributed by atoms with van der Waals surface area (Å²) in [5.74, 6) is 0.184. The average Bonchev–Trinajstić information content (AvgIpc) is 2.37. The molecule has 0 aliphatic rings. The van der Waals surface area contributed by atoms with Gasteiger partial charge >= 0.3 is 0 Å². The summed E-state index contributed by atoms with van der Waals surface area (Å²) in [7, 11) is 0. The molecule has 0 aliphatic heterocycles. The van der Waals surface area contributed by atoms with E-state index in [2.05, 4.69) is 6.58 Å². The van der Waals surface area contributed by atoms with Crippen molar-refractivity contribution < 1.29 is 15.3 Å². The Balaban J connectivity index is 2.88. The maximum atomic E-state index is 9.46. The zero-order chi connectivity index (χ0) is 13.7. The highest BCUT2D eigenvalue weighted by atomic mass is 16.3. The van der Waals surface area contributed by atoms with Gasteiger partial charge in [0.1, 0.15) is 0 Å². The minimum Gasteiger partial charge on any atom is -0.394 e. The third-order valence-electron chi connectivity index (χ3n) is 3.24. The van der Waals surface area contributed by atoms with E-state index in [0.717, 1.165) is 16.7 Å². The van der Waals surface area contributed by atoms with Crippen LogP contribution in [0.3, 0.4) is 0 Å². The lowest BCUT2D eigenvalue weighted by Crippen LogP contribution is -2.15. The standard InChI is InChI=1S/C15H22O3/c1-10-6-13(12(3)8-16)4-5-15(10)11(2)7-14(18)9-17/h4-6,11,14,16-18H,3,7-9H2,1-2H3/t11-,14-/m0/s1. The molecule has 2 atom stereocenters. The molecule has 1 aromatic carbocycles. The molecule has 3 nitrogen and oxygen atoms in total. The molecular formula is C15H22O3. The molecule has 0 bridgehead atoms. The Morgan fingerprint density at radius 3 is 2.50 bits per heavy atom. The minimum absolute atomic E-state index is 0.0441. The van der Waals surface area contributed by atoms with Crippen molar-refractivity contribution in [2.24, 2.45) is 0 Å².